The molecule has 0 fully saturated rings. The Bertz CT molecular complexity index is 352. The summed E-state index contributed by atoms with van der Waals surface area (Å²) in [6.45, 7) is 11.9. The van der Waals surface area contributed by atoms with E-state index in [9.17, 15) is 0 Å². The number of hydrogen-bond donors (Lipinski definition) is 0. The van der Waals surface area contributed by atoms with E-state index in [0.29, 0.717) is 0 Å². The summed E-state index contributed by atoms with van der Waals surface area (Å²) in [5.74, 6) is 0. The van der Waals surface area contributed by atoms with Crippen molar-refractivity contribution in [1.29, 1.82) is 0 Å². The van der Waals surface area contributed by atoms with Crippen LogP contribution in [0.2, 0.25) is 0 Å². The van der Waals surface area contributed by atoms with Gasteiger partial charge in [-0.05, 0) is 53.4 Å². The standard InChI is InChI=1S/C19H33N/c1-6-7-15-20-16-14-19(5)13-9-12-18(4)11-8-10-17(2)3/h10,12-13,16H,6-9,11,14-15H2,1-5H3. The van der Waals surface area contributed by atoms with Crippen LogP contribution in [0.15, 0.2) is 39.9 Å². The molecular formula is C19H33N. The molecule has 0 saturated heterocycles. The Morgan fingerprint density at radius 1 is 0.950 bits per heavy atom. The molecule has 20 heavy (non-hydrogen) atoms. The maximum Gasteiger partial charge on any atom is 0.0385 e. The summed E-state index contributed by atoms with van der Waals surface area (Å²) < 4.78 is 0. The zero-order valence-electron chi connectivity index (χ0n) is 14.2. The van der Waals surface area contributed by atoms with Crippen molar-refractivity contribution >= 4 is 6.21 Å². The van der Waals surface area contributed by atoms with Gasteiger partial charge in [0.1, 0.15) is 0 Å². The molecule has 0 N–H and O–H groups in total. The third-order valence-corrected chi connectivity index (χ3v) is 3.21. The number of rotatable bonds is 10. The Morgan fingerprint density at radius 3 is 2.30 bits per heavy atom. The number of nitrogens with zero attached hydrogens (tertiary/aromatic N) is 1. The van der Waals surface area contributed by atoms with Gasteiger partial charge >= 0.3 is 0 Å². The Hall–Kier alpha value is -1.11. The van der Waals surface area contributed by atoms with Crippen LogP contribution in [0.25, 0.3) is 0 Å². The van der Waals surface area contributed by atoms with Gasteiger partial charge in [-0.1, -0.05) is 48.3 Å². The normalized spacial score (nSPS) is 13.1. The van der Waals surface area contributed by atoms with Gasteiger partial charge in [0, 0.05) is 19.2 Å². The molecule has 0 saturated carbocycles. The summed E-state index contributed by atoms with van der Waals surface area (Å²) >= 11 is 0. The fourth-order valence-electron chi connectivity index (χ4n) is 1.78. The highest BCUT2D eigenvalue weighted by molar-refractivity contribution is 5.60. The molecule has 0 amide bonds. The second kappa shape index (κ2) is 12.9. The predicted molar refractivity (Wildman–Crippen MR) is 93.7 cm³/mol. The zero-order chi connectivity index (χ0) is 15.2. The summed E-state index contributed by atoms with van der Waals surface area (Å²) in [7, 11) is 0. The first kappa shape index (κ1) is 18.9. The SMILES string of the molecule is CCCCN=CCC(C)=CCC=C(C)CCC=C(C)C. The smallest absolute Gasteiger partial charge is 0.0385 e. The van der Waals surface area contributed by atoms with Crippen molar-refractivity contribution in [2.24, 2.45) is 4.99 Å². The van der Waals surface area contributed by atoms with Crippen molar-refractivity contribution in [3.8, 4) is 0 Å². The van der Waals surface area contributed by atoms with Gasteiger partial charge in [-0.15, -0.1) is 0 Å². The molecule has 0 radical (unpaired) electrons. The van der Waals surface area contributed by atoms with E-state index >= 15 is 0 Å². The molecule has 0 aromatic rings. The second-order valence-corrected chi connectivity index (χ2v) is 5.80. The minimum atomic E-state index is 0.979. The number of aliphatic imine (C=N–C) groups is 1. The first-order chi connectivity index (χ1) is 9.56. The quantitative estimate of drug-likeness (QED) is 0.253. The second-order valence-electron chi connectivity index (χ2n) is 5.80. The molecule has 0 aromatic carbocycles. The fraction of sp³-hybridized carbons (Fsp3) is 0.632. The molecule has 0 atom stereocenters. The van der Waals surface area contributed by atoms with Crippen LogP contribution in [-0.2, 0) is 0 Å². The average Bonchev–Trinajstić information content (AvgIpc) is 2.38. The van der Waals surface area contributed by atoms with Crippen LogP contribution in [0.4, 0.5) is 0 Å². The van der Waals surface area contributed by atoms with Crippen molar-refractivity contribution in [2.75, 3.05) is 6.54 Å². The van der Waals surface area contributed by atoms with Gasteiger partial charge in [0.2, 0.25) is 0 Å². The summed E-state index contributed by atoms with van der Waals surface area (Å²) in [6, 6.07) is 0. The Morgan fingerprint density at radius 2 is 1.65 bits per heavy atom. The molecule has 0 spiro atoms. The predicted octanol–water partition coefficient (Wildman–Crippen LogP) is 6.28. The zero-order valence-corrected chi connectivity index (χ0v) is 14.2. The van der Waals surface area contributed by atoms with Crippen LogP contribution in [0.3, 0.4) is 0 Å². The molecule has 0 unspecified atom stereocenters. The van der Waals surface area contributed by atoms with Gasteiger partial charge in [0.25, 0.3) is 0 Å². The number of allylic oxidation sites excluding steroid dienone is 6. The fourth-order valence-corrected chi connectivity index (χ4v) is 1.78. The van der Waals surface area contributed by atoms with Gasteiger partial charge in [-0.2, -0.15) is 0 Å². The monoisotopic (exact) mass is 275 g/mol. The third-order valence-electron chi connectivity index (χ3n) is 3.21. The maximum atomic E-state index is 4.41. The van der Waals surface area contributed by atoms with E-state index < -0.39 is 0 Å². The minimum Gasteiger partial charge on any atom is -0.297 e. The Balaban J connectivity index is 3.90. The molecule has 0 aliphatic rings. The van der Waals surface area contributed by atoms with Gasteiger partial charge in [0.05, 0.1) is 0 Å². The van der Waals surface area contributed by atoms with Crippen molar-refractivity contribution in [3.63, 3.8) is 0 Å². The third kappa shape index (κ3) is 13.3. The van der Waals surface area contributed by atoms with E-state index in [2.05, 4.69) is 64.1 Å². The van der Waals surface area contributed by atoms with E-state index in [4.69, 9.17) is 0 Å². The van der Waals surface area contributed by atoms with Crippen LogP contribution in [0.1, 0.15) is 73.1 Å². The van der Waals surface area contributed by atoms with E-state index in [1.807, 2.05) is 0 Å². The Kier molecular flexibility index (Phi) is 12.2. The number of unbranched alkanes of at least 4 members (excludes halogenated alkanes) is 1. The van der Waals surface area contributed by atoms with E-state index in [-0.39, 0.29) is 0 Å². The molecule has 1 heteroatoms. The van der Waals surface area contributed by atoms with Crippen LogP contribution in [-0.4, -0.2) is 12.8 Å². The van der Waals surface area contributed by atoms with Crippen LogP contribution in [0.5, 0.6) is 0 Å². The first-order valence-corrected chi connectivity index (χ1v) is 7.99. The lowest BCUT2D eigenvalue weighted by atomic mass is 10.1. The molecule has 114 valence electrons. The van der Waals surface area contributed by atoms with Crippen LogP contribution < -0.4 is 0 Å². The van der Waals surface area contributed by atoms with Crippen molar-refractivity contribution < 1.29 is 0 Å². The summed E-state index contributed by atoms with van der Waals surface area (Å²) in [5, 5.41) is 0. The van der Waals surface area contributed by atoms with E-state index in [0.717, 1.165) is 25.8 Å². The van der Waals surface area contributed by atoms with Gasteiger partial charge in [0.15, 0.2) is 0 Å². The number of hydrogen-bond acceptors (Lipinski definition) is 1. The highest BCUT2D eigenvalue weighted by atomic mass is 14.7. The molecule has 0 aromatic heterocycles. The van der Waals surface area contributed by atoms with Crippen molar-refractivity contribution in [2.45, 2.75) is 73.1 Å². The lowest BCUT2D eigenvalue weighted by molar-refractivity contribution is 0.809. The average molecular weight is 275 g/mol. The largest absolute Gasteiger partial charge is 0.297 e. The van der Waals surface area contributed by atoms with Gasteiger partial charge in [-0.25, -0.2) is 0 Å². The topological polar surface area (TPSA) is 12.4 Å². The van der Waals surface area contributed by atoms with Crippen molar-refractivity contribution in [3.05, 3.63) is 34.9 Å². The van der Waals surface area contributed by atoms with E-state index in [1.165, 1.54) is 36.0 Å². The molecule has 1 nitrogen and oxygen atoms in total. The van der Waals surface area contributed by atoms with E-state index in [1.54, 1.807) is 0 Å². The Labute approximate surface area is 126 Å². The maximum absolute atomic E-state index is 4.41. The van der Waals surface area contributed by atoms with Crippen LogP contribution in [0, 0.1) is 0 Å². The molecule has 0 rings (SSSR count). The molecular weight excluding hydrogens is 242 g/mol. The molecule has 0 aliphatic carbocycles. The summed E-state index contributed by atoms with van der Waals surface area (Å²) in [4.78, 5) is 4.41. The highest BCUT2D eigenvalue weighted by Gasteiger charge is 1.89. The molecule has 0 aliphatic heterocycles. The molecule has 0 heterocycles. The summed E-state index contributed by atoms with van der Waals surface area (Å²) in [6.07, 6.45) is 15.8. The van der Waals surface area contributed by atoms with Crippen molar-refractivity contribution in [1.82, 2.24) is 0 Å². The molecule has 0 bridgehead atoms. The lowest BCUT2D eigenvalue weighted by Gasteiger charge is -1.99. The van der Waals surface area contributed by atoms with Crippen LogP contribution >= 0.6 is 0 Å². The summed E-state index contributed by atoms with van der Waals surface area (Å²) in [5.41, 5.74) is 4.32. The highest BCUT2D eigenvalue weighted by Crippen LogP contribution is 2.09. The first-order valence-electron chi connectivity index (χ1n) is 7.99. The van der Waals surface area contributed by atoms with Gasteiger partial charge < -0.3 is 0 Å². The minimum absolute atomic E-state index is 0.979. The van der Waals surface area contributed by atoms with Gasteiger partial charge in [-0.3, -0.25) is 4.99 Å². The lowest BCUT2D eigenvalue weighted by Crippen LogP contribution is -1.83.